The van der Waals surface area contributed by atoms with E-state index in [1.165, 1.54) is 0 Å². The molecule has 2 fully saturated rings. The van der Waals surface area contributed by atoms with E-state index in [2.05, 4.69) is 53.2 Å². The fourth-order valence-electron chi connectivity index (χ4n) is 5.06. The Kier molecular flexibility index (Phi) is 9.61. The van der Waals surface area contributed by atoms with Crippen molar-refractivity contribution in [1.82, 2.24) is 15.5 Å². The average molecular weight is 465 g/mol. The predicted octanol–water partition coefficient (Wildman–Crippen LogP) is -0.819. The molecule has 6 N–H and O–H groups in total. The van der Waals surface area contributed by atoms with Crippen molar-refractivity contribution in [3.63, 3.8) is 0 Å². The summed E-state index contributed by atoms with van der Waals surface area (Å²) in [7, 11) is 0. The third-order valence-corrected chi connectivity index (χ3v) is 7.16. The van der Waals surface area contributed by atoms with Gasteiger partial charge in [0.15, 0.2) is 0 Å². The van der Waals surface area contributed by atoms with Crippen molar-refractivity contribution < 1.29 is 18.8 Å². The maximum absolute atomic E-state index is 13.7. The molecule has 0 bridgehead atoms. The Morgan fingerprint density at radius 3 is 2.76 bits per heavy atom. The molecule has 3 aliphatic heterocycles. The van der Waals surface area contributed by atoms with Crippen LogP contribution in [-0.2, 0) is 14.3 Å². The molecule has 3 rings (SSSR count). The van der Waals surface area contributed by atoms with Crippen molar-refractivity contribution in [3.05, 3.63) is 0 Å². The van der Waals surface area contributed by atoms with E-state index in [4.69, 9.17) is 20.9 Å². The van der Waals surface area contributed by atoms with Crippen molar-refractivity contribution in [2.45, 2.75) is 76.7 Å². The van der Waals surface area contributed by atoms with Gasteiger partial charge in [0.25, 0.3) is 0 Å². The molecule has 10 heteroatoms. The van der Waals surface area contributed by atoms with E-state index in [1.807, 2.05) is 0 Å². The van der Waals surface area contributed by atoms with Crippen LogP contribution >= 0.6 is 0 Å². The summed E-state index contributed by atoms with van der Waals surface area (Å²) in [6, 6.07) is 2.36. The maximum Gasteiger partial charge on any atom is 0.234 e. The van der Waals surface area contributed by atoms with E-state index in [1.54, 1.807) is 0 Å². The summed E-state index contributed by atoms with van der Waals surface area (Å²) in [5.41, 5.74) is 12.5. The van der Waals surface area contributed by atoms with Gasteiger partial charge in [0.1, 0.15) is 24.8 Å². The highest BCUT2D eigenvalue weighted by molar-refractivity contribution is 5.80. The number of piperidine rings is 1. The number of carbonyl (C=O) groups excluding carboxylic acids is 1. The first-order chi connectivity index (χ1) is 15.9. The van der Waals surface area contributed by atoms with Crippen molar-refractivity contribution >= 4 is 12.1 Å². The summed E-state index contributed by atoms with van der Waals surface area (Å²) in [5, 5.41) is 15.8. The van der Waals surface area contributed by atoms with Crippen LogP contribution in [0.4, 0.5) is 0 Å². The van der Waals surface area contributed by atoms with E-state index in [-0.39, 0.29) is 42.3 Å². The van der Waals surface area contributed by atoms with Crippen LogP contribution in [0, 0.1) is 23.2 Å². The Balaban J connectivity index is 1.82. The van der Waals surface area contributed by atoms with Gasteiger partial charge in [-0.3, -0.25) is 4.79 Å². The highest BCUT2D eigenvalue weighted by Gasteiger charge is 2.48. The predicted molar refractivity (Wildman–Crippen MR) is 125 cm³/mol. The van der Waals surface area contributed by atoms with Gasteiger partial charge in [0.2, 0.25) is 12.1 Å². The van der Waals surface area contributed by atoms with Gasteiger partial charge in [0, 0.05) is 25.6 Å². The average Bonchev–Trinajstić information content (AvgIpc) is 2.77. The number of hydrogen-bond donors (Lipinski definition) is 4. The van der Waals surface area contributed by atoms with Crippen LogP contribution in [0.2, 0.25) is 0 Å². The lowest BCUT2D eigenvalue weighted by molar-refractivity contribution is -0.601. The highest BCUT2D eigenvalue weighted by Crippen LogP contribution is 2.25. The topological polar surface area (TPSA) is 142 Å². The number of nitrogens with two attached hydrogens (primary N) is 2. The van der Waals surface area contributed by atoms with Gasteiger partial charge >= 0.3 is 0 Å². The number of nitriles is 1. The minimum atomic E-state index is -0.826. The molecule has 3 aliphatic rings. The Bertz CT molecular complexity index is 721. The molecule has 0 spiro atoms. The molecule has 2 saturated heterocycles. The first kappa shape index (κ1) is 26.0. The number of nitrogens with zero attached hydrogens (tertiary/aromatic N) is 3. The van der Waals surface area contributed by atoms with Crippen LogP contribution in [0.15, 0.2) is 0 Å². The molecule has 1 amide bonds. The molecule has 0 aromatic heterocycles. The van der Waals surface area contributed by atoms with Crippen molar-refractivity contribution in [2.75, 3.05) is 39.4 Å². The van der Waals surface area contributed by atoms with Crippen molar-refractivity contribution in [2.24, 2.45) is 23.3 Å². The molecule has 0 aromatic rings. The zero-order chi connectivity index (χ0) is 24.0. The maximum atomic E-state index is 13.7. The van der Waals surface area contributed by atoms with Crippen LogP contribution in [0.1, 0.15) is 40.0 Å². The molecule has 6 atom stereocenters. The van der Waals surface area contributed by atoms with Gasteiger partial charge in [-0.2, -0.15) is 5.26 Å². The van der Waals surface area contributed by atoms with Crippen LogP contribution < -0.4 is 22.1 Å². The minimum absolute atomic E-state index is 0.0652. The number of hydrogen-bond acceptors (Lipinski definition) is 8. The van der Waals surface area contributed by atoms with Gasteiger partial charge < -0.3 is 31.6 Å². The second-order valence-electron chi connectivity index (χ2n) is 9.51. The number of carbonyl (C=O) groups is 1. The van der Waals surface area contributed by atoms with Gasteiger partial charge in [-0.1, -0.05) is 6.92 Å². The van der Waals surface area contributed by atoms with E-state index >= 15 is 0 Å². The van der Waals surface area contributed by atoms with E-state index in [0.29, 0.717) is 39.3 Å². The molecule has 186 valence electrons. The molecule has 3 heterocycles. The van der Waals surface area contributed by atoms with E-state index < -0.39 is 12.1 Å². The van der Waals surface area contributed by atoms with Crippen LogP contribution in [0.25, 0.3) is 0 Å². The largest absolute Gasteiger partial charge is 0.376 e. The molecule has 0 saturated carbocycles. The number of nitrogens with one attached hydrogen (secondary N) is 2. The van der Waals surface area contributed by atoms with Crippen LogP contribution in [0.3, 0.4) is 0 Å². The fraction of sp³-hybridized carbons (Fsp3) is 0.870. The summed E-state index contributed by atoms with van der Waals surface area (Å²) in [5.74, 6) is -0.670. The molecule has 0 aromatic carbocycles. The molecule has 6 unspecified atom stereocenters. The van der Waals surface area contributed by atoms with Crippen molar-refractivity contribution in [1.29, 1.82) is 5.26 Å². The zero-order valence-electron chi connectivity index (χ0n) is 20.3. The van der Waals surface area contributed by atoms with Gasteiger partial charge in [0.05, 0.1) is 43.5 Å². The first-order valence-corrected chi connectivity index (χ1v) is 12.4. The number of ether oxygens (including phenoxy) is 2. The molecule has 10 nitrogen and oxygen atoms in total. The third-order valence-electron chi connectivity index (χ3n) is 7.16. The summed E-state index contributed by atoms with van der Waals surface area (Å²) >= 11 is 0. The van der Waals surface area contributed by atoms with Gasteiger partial charge in [-0.15, -0.1) is 0 Å². The first-order valence-electron chi connectivity index (χ1n) is 12.4. The summed E-state index contributed by atoms with van der Waals surface area (Å²) < 4.78 is 13.6. The Morgan fingerprint density at radius 1 is 1.42 bits per heavy atom. The second kappa shape index (κ2) is 12.2. The monoisotopic (exact) mass is 464 g/mol. The normalized spacial score (nSPS) is 30.8. The molecule has 0 aliphatic carbocycles. The molecule has 0 radical (unpaired) electrons. The zero-order valence-corrected chi connectivity index (χ0v) is 20.3. The van der Waals surface area contributed by atoms with Gasteiger partial charge in [-0.25, -0.2) is 9.48 Å². The summed E-state index contributed by atoms with van der Waals surface area (Å²) in [6.07, 6.45) is 3.23. The molecule has 33 heavy (non-hydrogen) atoms. The standard InChI is InChI=1S/C23H41N7O3/c1-4-15(3)30-12-16(6-8-24)11-29(5-2)23(30)20(21(25)26)22(31)28-18-10-27-9-7-19(18)33-17-13-32-14-17/h11,15-21,23,27H,4-7,9-10,12-14,25-26H2,1-3H3/p+1. The fourth-order valence-corrected chi connectivity index (χ4v) is 5.06. The SMILES string of the molecule is CCC(C)N1CC(CC#N)C=[N+](CC)C1C(C(=O)NC1CNCCC1OC1COC1)C(N)N. The Morgan fingerprint density at radius 2 is 2.18 bits per heavy atom. The number of rotatable bonds is 10. The van der Waals surface area contributed by atoms with Gasteiger partial charge in [-0.05, 0) is 33.2 Å². The highest BCUT2D eigenvalue weighted by atomic mass is 16.6. The van der Waals surface area contributed by atoms with E-state index in [0.717, 1.165) is 19.4 Å². The Labute approximate surface area is 197 Å². The summed E-state index contributed by atoms with van der Waals surface area (Å²) in [4.78, 5) is 16.0. The smallest absolute Gasteiger partial charge is 0.234 e. The molecular weight excluding hydrogens is 422 g/mol. The van der Waals surface area contributed by atoms with Crippen LogP contribution in [-0.4, -0.2) is 97.6 Å². The molecular formula is C23H42N7O3+. The lowest BCUT2D eigenvalue weighted by Gasteiger charge is -2.42. The lowest BCUT2D eigenvalue weighted by Crippen LogP contribution is -2.67. The second-order valence-corrected chi connectivity index (χ2v) is 9.51. The van der Waals surface area contributed by atoms with Crippen LogP contribution in [0.5, 0.6) is 0 Å². The van der Waals surface area contributed by atoms with Crippen molar-refractivity contribution in [3.8, 4) is 6.07 Å². The third kappa shape index (κ3) is 6.29. The summed E-state index contributed by atoms with van der Waals surface area (Å²) in [6.45, 7) is 10.5. The number of amides is 1. The quantitative estimate of drug-likeness (QED) is 0.243. The minimum Gasteiger partial charge on any atom is -0.376 e. The lowest BCUT2D eigenvalue weighted by atomic mass is 9.92. The Hall–Kier alpha value is -1.61. The van der Waals surface area contributed by atoms with E-state index in [9.17, 15) is 10.1 Å².